The molecule has 21 heavy (non-hydrogen) atoms. The highest BCUT2D eigenvalue weighted by atomic mass is 32.1. The topological polar surface area (TPSA) is 45.9 Å². The normalized spacial score (nSPS) is 10.6. The van der Waals surface area contributed by atoms with Crippen LogP contribution in [0, 0.1) is 11.3 Å². The third-order valence-electron chi connectivity index (χ3n) is 3.22. The van der Waals surface area contributed by atoms with Crippen LogP contribution >= 0.6 is 11.3 Å². The second-order valence-corrected chi connectivity index (χ2v) is 6.31. The molecule has 0 radical (unpaired) electrons. The van der Waals surface area contributed by atoms with Crippen molar-refractivity contribution >= 4 is 11.3 Å². The summed E-state index contributed by atoms with van der Waals surface area (Å²) >= 11 is 1.44. The van der Waals surface area contributed by atoms with Crippen molar-refractivity contribution in [3.8, 4) is 11.8 Å². The Balaban J connectivity index is 2.12. The number of ether oxygens (including phenoxy) is 1. The van der Waals surface area contributed by atoms with Gasteiger partial charge in [0.15, 0.2) is 0 Å². The molecule has 0 saturated heterocycles. The van der Waals surface area contributed by atoms with E-state index in [4.69, 9.17) is 10.00 Å². The van der Waals surface area contributed by atoms with Gasteiger partial charge in [0.1, 0.15) is 28.3 Å². The number of aryl methyl sites for hydroxylation is 1. The third kappa shape index (κ3) is 3.83. The number of aromatic nitrogens is 1. The van der Waals surface area contributed by atoms with E-state index in [1.54, 1.807) is 0 Å². The Morgan fingerprint density at radius 1 is 1.33 bits per heavy atom. The first-order valence-corrected chi connectivity index (χ1v) is 8.07. The average molecular weight is 300 g/mol. The van der Waals surface area contributed by atoms with Gasteiger partial charge < -0.3 is 4.74 Å². The first-order valence-electron chi connectivity index (χ1n) is 7.26. The number of benzene rings is 1. The van der Waals surface area contributed by atoms with Crippen molar-refractivity contribution in [3.05, 3.63) is 45.4 Å². The zero-order valence-corrected chi connectivity index (χ0v) is 13.5. The minimum absolute atomic E-state index is 0.419. The second kappa shape index (κ2) is 7.24. The SMILES string of the molecule is CCCc1nc(COc2ccccc2C(C)C)sc1C#N. The lowest BCUT2D eigenvalue weighted by Crippen LogP contribution is -1.99. The average Bonchev–Trinajstić information content (AvgIpc) is 2.88. The van der Waals surface area contributed by atoms with E-state index in [9.17, 15) is 0 Å². The molecule has 0 bridgehead atoms. The number of rotatable bonds is 6. The maximum absolute atomic E-state index is 9.14. The number of hydrogen-bond donors (Lipinski definition) is 0. The van der Waals surface area contributed by atoms with Gasteiger partial charge in [-0.1, -0.05) is 45.4 Å². The van der Waals surface area contributed by atoms with Gasteiger partial charge in [-0.3, -0.25) is 0 Å². The molecular formula is C17H20N2OS. The third-order valence-corrected chi connectivity index (χ3v) is 4.20. The molecule has 0 aliphatic heterocycles. The lowest BCUT2D eigenvalue weighted by molar-refractivity contribution is 0.301. The molecule has 4 heteroatoms. The van der Waals surface area contributed by atoms with E-state index in [1.807, 2.05) is 18.2 Å². The molecule has 0 N–H and O–H groups in total. The minimum Gasteiger partial charge on any atom is -0.486 e. The van der Waals surface area contributed by atoms with E-state index in [0.717, 1.165) is 29.3 Å². The molecule has 1 heterocycles. The summed E-state index contributed by atoms with van der Waals surface area (Å²) in [4.78, 5) is 5.25. The molecule has 0 aliphatic carbocycles. The highest BCUT2D eigenvalue weighted by molar-refractivity contribution is 7.12. The monoisotopic (exact) mass is 300 g/mol. The minimum atomic E-state index is 0.419. The van der Waals surface area contributed by atoms with Gasteiger partial charge in [-0.25, -0.2) is 4.98 Å². The smallest absolute Gasteiger partial charge is 0.140 e. The van der Waals surface area contributed by atoms with Crippen molar-refractivity contribution in [1.82, 2.24) is 4.98 Å². The summed E-state index contributed by atoms with van der Waals surface area (Å²) in [6, 6.07) is 10.3. The lowest BCUT2D eigenvalue weighted by Gasteiger charge is -2.12. The van der Waals surface area contributed by atoms with Crippen molar-refractivity contribution in [2.24, 2.45) is 0 Å². The zero-order valence-electron chi connectivity index (χ0n) is 12.7. The fourth-order valence-electron chi connectivity index (χ4n) is 2.18. The van der Waals surface area contributed by atoms with Crippen molar-refractivity contribution in [2.45, 2.75) is 46.1 Å². The molecule has 2 rings (SSSR count). The second-order valence-electron chi connectivity index (χ2n) is 5.23. The summed E-state index contributed by atoms with van der Waals surface area (Å²) in [5.74, 6) is 1.32. The predicted molar refractivity (Wildman–Crippen MR) is 85.7 cm³/mol. The molecule has 0 atom stereocenters. The molecule has 1 aromatic carbocycles. The summed E-state index contributed by atoms with van der Waals surface area (Å²) in [5.41, 5.74) is 2.10. The molecule has 0 saturated carbocycles. The van der Waals surface area contributed by atoms with Crippen LogP contribution in [-0.4, -0.2) is 4.98 Å². The molecule has 2 aromatic rings. The predicted octanol–water partition coefficient (Wildman–Crippen LogP) is 4.67. The van der Waals surface area contributed by atoms with Gasteiger partial charge in [0.25, 0.3) is 0 Å². The van der Waals surface area contributed by atoms with Crippen molar-refractivity contribution < 1.29 is 4.74 Å². The summed E-state index contributed by atoms with van der Waals surface area (Å²) in [7, 11) is 0. The van der Waals surface area contributed by atoms with Gasteiger partial charge in [-0.15, -0.1) is 11.3 Å². The van der Waals surface area contributed by atoms with Crippen LogP contribution < -0.4 is 4.74 Å². The summed E-state index contributed by atoms with van der Waals surface area (Å²) in [6.07, 6.45) is 1.84. The van der Waals surface area contributed by atoms with Crippen LogP contribution in [-0.2, 0) is 13.0 Å². The molecule has 0 unspecified atom stereocenters. The van der Waals surface area contributed by atoms with E-state index in [2.05, 4.69) is 37.9 Å². The van der Waals surface area contributed by atoms with E-state index < -0.39 is 0 Å². The first kappa shape index (κ1) is 15.5. The van der Waals surface area contributed by atoms with Gasteiger partial charge in [0, 0.05) is 0 Å². The number of para-hydroxylation sites is 1. The van der Waals surface area contributed by atoms with Gasteiger partial charge in [0.05, 0.1) is 5.69 Å². The molecule has 0 aliphatic rings. The number of hydrogen-bond acceptors (Lipinski definition) is 4. The Morgan fingerprint density at radius 3 is 2.76 bits per heavy atom. The largest absolute Gasteiger partial charge is 0.486 e. The van der Waals surface area contributed by atoms with Crippen molar-refractivity contribution in [1.29, 1.82) is 5.26 Å². The van der Waals surface area contributed by atoms with Gasteiger partial charge >= 0.3 is 0 Å². The van der Waals surface area contributed by atoms with Gasteiger partial charge in [0.2, 0.25) is 0 Å². The van der Waals surface area contributed by atoms with E-state index in [-0.39, 0.29) is 0 Å². The number of thiazole rings is 1. The molecule has 110 valence electrons. The number of nitrogens with zero attached hydrogens (tertiary/aromatic N) is 2. The molecular weight excluding hydrogens is 280 g/mol. The lowest BCUT2D eigenvalue weighted by atomic mass is 10.0. The summed E-state index contributed by atoms with van der Waals surface area (Å²) in [5, 5.41) is 10.0. The van der Waals surface area contributed by atoms with Crippen LogP contribution in [0.25, 0.3) is 0 Å². The Labute approximate surface area is 130 Å². The highest BCUT2D eigenvalue weighted by Crippen LogP contribution is 2.27. The molecule has 3 nitrogen and oxygen atoms in total. The van der Waals surface area contributed by atoms with Crippen LogP contribution in [0.5, 0.6) is 5.75 Å². The molecule has 0 amide bonds. The maximum Gasteiger partial charge on any atom is 0.140 e. The fourth-order valence-corrected chi connectivity index (χ4v) is 3.01. The molecule has 0 spiro atoms. The van der Waals surface area contributed by atoms with Crippen LogP contribution in [0.15, 0.2) is 24.3 Å². The van der Waals surface area contributed by atoms with Crippen LogP contribution in [0.2, 0.25) is 0 Å². The van der Waals surface area contributed by atoms with E-state index in [0.29, 0.717) is 17.4 Å². The summed E-state index contributed by atoms with van der Waals surface area (Å²) < 4.78 is 5.91. The van der Waals surface area contributed by atoms with Crippen LogP contribution in [0.3, 0.4) is 0 Å². The summed E-state index contributed by atoms with van der Waals surface area (Å²) in [6.45, 7) is 6.82. The Kier molecular flexibility index (Phi) is 5.35. The van der Waals surface area contributed by atoms with Crippen LogP contribution in [0.4, 0.5) is 0 Å². The maximum atomic E-state index is 9.14. The van der Waals surface area contributed by atoms with Crippen molar-refractivity contribution in [2.75, 3.05) is 0 Å². The molecule has 1 aromatic heterocycles. The quantitative estimate of drug-likeness (QED) is 0.778. The fraction of sp³-hybridized carbons (Fsp3) is 0.412. The van der Waals surface area contributed by atoms with Crippen molar-refractivity contribution in [3.63, 3.8) is 0 Å². The van der Waals surface area contributed by atoms with E-state index >= 15 is 0 Å². The van der Waals surface area contributed by atoms with Gasteiger partial charge in [-0.05, 0) is 24.0 Å². The van der Waals surface area contributed by atoms with E-state index in [1.165, 1.54) is 16.9 Å². The standard InChI is InChI=1S/C17H20N2OS/c1-4-7-14-16(10-18)21-17(19-14)11-20-15-9-6-5-8-13(15)12(2)3/h5-6,8-9,12H,4,7,11H2,1-3H3. The number of nitriles is 1. The van der Waals surface area contributed by atoms with Gasteiger partial charge in [-0.2, -0.15) is 5.26 Å². The van der Waals surface area contributed by atoms with Crippen LogP contribution in [0.1, 0.15) is 54.3 Å². The Hall–Kier alpha value is -1.86. The molecule has 0 fully saturated rings. The highest BCUT2D eigenvalue weighted by Gasteiger charge is 2.12. The Bertz CT molecular complexity index is 640. The zero-order chi connectivity index (χ0) is 15.2. The first-order chi connectivity index (χ1) is 10.2. The Morgan fingerprint density at radius 2 is 2.10 bits per heavy atom.